The van der Waals surface area contributed by atoms with Crippen LogP contribution in [-0.2, 0) is 10.8 Å². The van der Waals surface area contributed by atoms with E-state index in [0.717, 1.165) is 43.9 Å². The van der Waals surface area contributed by atoms with E-state index in [1.54, 1.807) is 22.7 Å². The molecule has 4 aromatic carbocycles. The summed E-state index contributed by atoms with van der Waals surface area (Å²) in [6.45, 7) is 17.5. The lowest BCUT2D eigenvalue weighted by Crippen LogP contribution is -2.11. The van der Waals surface area contributed by atoms with Crippen LogP contribution in [0.1, 0.15) is 63.8 Å². The molecule has 0 aliphatic heterocycles. The fraction of sp³-hybridized carbons (Fsp3) is 0.238. The summed E-state index contributed by atoms with van der Waals surface area (Å²) in [6, 6.07) is 29.2. The van der Waals surface area contributed by atoms with Crippen molar-refractivity contribution >= 4 is 98.2 Å². The molecule has 0 fully saturated rings. The van der Waals surface area contributed by atoms with E-state index in [-0.39, 0.29) is 10.8 Å². The van der Waals surface area contributed by atoms with Crippen molar-refractivity contribution < 1.29 is 8.83 Å². The number of benzene rings is 4. The molecule has 4 aromatic heterocycles. The first-order chi connectivity index (χ1) is 23.2. The predicted molar refractivity (Wildman–Crippen MR) is 218 cm³/mol. The lowest BCUT2D eigenvalue weighted by Gasteiger charge is -2.20. The molecule has 0 radical (unpaired) electrons. The van der Waals surface area contributed by atoms with Gasteiger partial charge >= 0.3 is 0 Å². The van der Waals surface area contributed by atoms with Crippen molar-refractivity contribution in [2.75, 3.05) is 11.1 Å². The van der Waals surface area contributed by atoms with Crippen molar-refractivity contribution in [3.8, 4) is 0 Å². The van der Waals surface area contributed by atoms with Crippen LogP contribution in [0.25, 0.3) is 42.5 Å². The van der Waals surface area contributed by atoms with Crippen LogP contribution in [0.3, 0.4) is 0 Å². The van der Waals surface area contributed by atoms with Crippen LogP contribution in [0.5, 0.6) is 0 Å². The monoisotopic (exact) mass is 750 g/mol. The predicted octanol–water partition coefficient (Wildman–Crippen LogP) is 14.3. The second kappa shape index (κ2) is 13.7. The highest BCUT2D eigenvalue weighted by molar-refractivity contribution is 9.10. The SMILES string of the molecule is Brc1csc2c1oc1ccccc12.Cc1cc(C(C)(C)C)ccc1N.Cc1cc(C(C)(C)C)ccc1Nc1csc2c1oc1ccccc12. The Morgan fingerprint density at radius 1 is 0.612 bits per heavy atom. The number of para-hydroxylation sites is 2. The number of nitrogens with two attached hydrogens (primary N) is 1. The molecule has 0 spiro atoms. The number of furan rings is 2. The van der Waals surface area contributed by atoms with Crippen molar-refractivity contribution in [2.45, 2.75) is 66.2 Å². The van der Waals surface area contributed by atoms with Crippen LogP contribution in [0.4, 0.5) is 17.1 Å². The first-order valence-corrected chi connectivity index (χ1v) is 18.9. The van der Waals surface area contributed by atoms with Gasteiger partial charge in [-0.1, -0.05) is 90.1 Å². The number of fused-ring (bicyclic) bond motifs is 6. The number of anilines is 3. The second-order valence-electron chi connectivity index (χ2n) is 14.5. The number of halogens is 1. The highest BCUT2D eigenvalue weighted by Crippen LogP contribution is 2.41. The number of hydrogen-bond acceptors (Lipinski definition) is 6. The van der Waals surface area contributed by atoms with E-state index < -0.39 is 0 Å². The molecule has 3 N–H and O–H groups in total. The third kappa shape index (κ3) is 7.45. The van der Waals surface area contributed by atoms with Crippen molar-refractivity contribution in [1.82, 2.24) is 0 Å². The Bertz CT molecular complexity index is 2400. The summed E-state index contributed by atoms with van der Waals surface area (Å²) in [7, 11) is 0. The maximum atomic E-state index is 6.06. The first-order valence-electron chi connectivity index (χ1n) is 16.4. The number of rotatable bonds is 2. The van der Waals surface area contributed by atoms with E-state index in [1.807, 2.05) is 43.3 Å². The van der Waals surface area contributed by atoms with Crippen molar-refractivity contribution in [3.05, 3.63) is 122 Å². The minimum atomic E-state index is 0.164. The summed E-state index contributed by atoms with van der Waals surface area (Å²) < 4.78 is 15.2. The molecule has 0 unspecified atom stereocenters. The van der Waals surface area contributed by atoms with Crippen LogP contribution < -0.4 is 11.1 Å². The quantitative estimate of drug-likeness (QED) is 0.173. The van der Waals surface area contributed by atoms with Crippen molar-refractivity contribution in [1.29, 1.82) is 0 Å². The second-order valence-corrected chi connectivity index (χ2v) is 17.1. The molecule has 4 heterocycles. The Labute approximate surface area is 305 Å². The lowest BCUT2D eigenvalue weighted by molar-refractivity contribution is 0.589. The van der Waals surface area contributed by atoms with Crippen LogP contribution in [0.15, 0.2) is 109 Å². The van der Waals surface area contributed by atoms with Gasteiger partial charge in [-0.15, -0.1) is 22.7 Å². The molecule has 252 valence electrons. The van der Waals surface area contributed by atoms with Gasteiger partial charge in [0.1, 0.15) is 11.2 Å². The van der Waals surface area contributed by atoms with Gasteiger partial charge < -0.3 is 19.9 Å². The minimum Gasteiger partial charge on any atom is -0.454 e. The van der Waals surface area contributed by atoms with E-state index in [2.05, 4.69) is 129 Å². The summed E-state index contributed by atoms with van der Waals surface area (Å²) in [5.41, 5.74) is 18.1. The van der Waals surface area contributed by atoms with Gasteiger partial charge in [-0.3, -0.25) is 0 Å². The van der Waals surface area contributed by atoms with Crippen LogP contribution in [0.2, 0.25) is 0 Å². The summed E-state index contributed by atoms with van der Waals surface area (Å²) >= 11 is 6.90. The number of nitrogen functional groups attached to an aromatic ring is 1. The molecule has 0 atom stereocenters. The lowest BCUT2D eigenvalue weighted by atomic mass is 9.86. The molecule has 0 aliphatic carbocycles. The van der Waals surface area contributed by atoms with E-state index in [0.29, 0.717) is 0 Å². The van der Waals surface area contributed by atoms with Crippen LogP contribution >= 0.6 is 38.6 Å². The van der Waals surface area contributed by atoms with Gasteiger partial charge in [0.05, 0.1) is 19.6 Å². The van der Waals surface area contributed by atoms with Gasteiger partial charge in [0.15, 0.2) is 11.2 Å². The zero-order valence-electron chi connectivity index (χ0n) is 29.3. The van der Waals surface area contributed by atoms with Crippen molar-refractivity contribution in [3.63, 3.8) is 0 Å². The van der Waals surface area contributed by atoms with Crippen molar-refractivity contribution in [2.24, 2.45) is 0 Å². The van der Waals surface area contributed by atoms with Gasteiger partial charge in [0.25, 0.3) is 0 Å². The molecule has 0 bridgehead atoms. The molecule has 0 amide bonds. The first kappa shape index (κ1) is 34.8. The fourth-order valence-corrected chi connectivity index (χ4v) is 8.12. The van der Waals surface area contributed by atoms with E-state index in [1.165, 1.54) is 42.4 Å². The third-order valence-electron chi connectivity index (χ3n) is 8.63. The average Bonchev–Trinajstić information content (AvgIpc) is 3.81. The Hall–Kier alpha value is -4.04. The van der Waals surface area contributed by atoms with Gasteiger partial charge in [-0.05, 0) is 99.3 Å². The van der Waals surface area contributed by atoms with Gasteiger partial charge in [0, 0.05) is 32.9 Å². The number of aryl methyl sites for hydroxylation is 2. The number of nitrogens with one attached hydrogen (secondary N) is 1. The molecule has 0 aliphatic rings. The molecular weight excluding hydrogens is 709 g/mol. The summed E-state index contributed by atoms with van der Waals surface area (Å²) in [6.07, 6.45) is 0. The topological polar surface area (TPSA) is 64.3 Å². The normalized spacial score (nSPS) is 11.9. The van der Waals surface area contributed by atoms with Gasteiger partial charge in [0.2, 0.25) is 0 Å². The molecule has 4 nitrogen and oxygen atoms in total. The molecular formula is C42H43BrN2O2S2. The average molecular weight is 752 g/mol. The molecule has 7 heteroatoms. The Morgan fingerprint density at radius 3 is 1.69 bits per heavy atom. The zero-order valence-corrected chi connectivity index (χ0v) is 32.5. The van der Waals surface area contributed by atoms with Crippen LogP contribution in [0, 0.1) is 13.8 Å². The largest absolute Gasteiger partial charge is 0.454 e. The summed E-state index contributed by atoms with van der Waals surface area (Å²) in [4.78, 5) is 0. The fourth-order valence-electron chi connectivity index (χ4n) is 5.59. The number of thiophene rings is 2. The smallest absolute Gasteiger partial charge is 0.169 e. The molecule has 8 aromatic rings. The Balaban J connectivity index is 0.000000140. The maximum Gasteiger partial charge on any atom is 0.169 e. The minimum absolute atomic E-state index is 0.164. The highest BCUT2D eigenvalue weighted by atomic mass is 79.9. The standard InChI is InChI=1S/C21H21NOS.C11H17N.C10H5BrOS/c1-13-11-14(21(2,3)4)9-10-16(13)22-17-12-24-20-15-7-5-6-8-18(15)23-19(17)20;1-8-7-9(11(2,3)4)5-6-10(8)12;11-7-5-13-10-6-3-1-2-4-8(6)12-9(7)10/h5-12,22H,1-4H3;5-7H,12H2,1-4H3;1-5H. The highest BCUT2D eigenvalue weighted by Gasteiger charge is 2.17. The van der Waals surface area contributed by atoms with Crippen LogP contribution in [-0.4, -0.2) is 0 Å². The van der Waals surface area contributed by atoms with E-state index in [9.17, 15) is 0 Å². The maximum absolute atomic E-state index is 6.06. The summed E-state index contributed by atoms with van der Waals surface area (Å²) in [5, 5.41) is 10.1. The molecule has 8 rings (SSSR count). The van der Waals surface area contributed by atoms with Gasteiger partial charge in [-0.25, -0.2) is 0 Å². The van der Waals surface area contributed by atoms with E-state index >= 15 is 0 Å². The number of hydrogen-bond donors (Lipinski definition) is 2. The van der Waals surface area contributed by atoms with E-state index in [4.69, 9.17) is 14.6 Å². The molecule has 0 saturated carbocycles. The molecule has 49 heavy (non-hydrogen) atoms. The zero-order chi connectivity index (χ0) is 35.1. The summed E-state index contributed by atoms with van der Waals surface area (Å²) in [5.74, 6) is 0. The Morgan fingerprint density at radius 2 is 1.12 bits per heavy atom. The molecule has 0 saturated heterocycles. The Kier molecular flexibility index (Phi) is 9.73. The van der Waals surface area contributed by atoms with Gasteiger partial charge in [-0.2, -0.15) is 0 Å². The third-order valence-corrected chi connectivity index (χ3v) is 11.5.